The normalized spacial score (nSPS) is 12.3. The maximum atomic E-state index is 11.9. The summed E-state index contributed by atoms with van der Waals surface area (Å²) in [6, 6.07) is 5.43. The van der Waals surface area contributed by atoms with Crippen LogP contribution >= 0.6 is 0 Å². The van der Waals surface area contributed by atoms with Gasteiger partial charge in [-0.3, -0.25) is 4.79 Å². The minimum Gasteiger partial charge on any atom is -0.370 e. The van der Waals surface area contributed by atoms with Crippen molar-refractivity contribution in [2.24, 2.45) is 11.8 Å². The number of nitrogens with one attached hydrogen (secondary N) is 2. The van der Waals surface area contributed by atoms with E-state index in [4.69, 9.17) is 0 Å². The van der Waals surface area contributed by atoms with Crippen molar-refractivity contribution in [1.82, 2.24) is 10.3 Å². The minimum atomic E-state index is -0.109. The SMILES string of the molecule is CCNc1cccc(C(=O)NCC(C)C(C)C)n1. The van der Waals surface area contributed by atoms with Crippen molar-refractivity contribution in [3.05, 3.63) is 23.9 Å². The van der Waals surface area contributed by atoms with E-state index in [1.807, 2.05) is 19.1 Å². The van der Waals surface area contributed by atoms with E-state index < -0.39 is 0 Å². The zero-order valence-corrected chi connectivity index (χ0v) is 11.7. The van der Waals surface area contributed by atoms with Crippen LogP contribution in [0.2, 0.25) is 0 Å². The zero-order valence-electron chi connectivity index (χ0n) is 11.7. The molecule has 4 heteroatoms. The Morgan fingerprint density at radius 3 is 2.67 bits per heavy atom. The number of carbonyl (C=O) groups excluding carboxylic acids is 1. The molecule has 0 saturated heterocycles. The number of carbonyl (C=O) groups is 1. The van der Waals surface area contributed by atoms with Crippen LogP contribution in [0, 0.1) is 11.8 Å². The van der Waals surface area contributed by atoms with E-state index in [9.17, 15) is 4.79 Å². The van der Waals surface area contributed by atoms with Gasteiger partial charge in [-0.1, -0.05) is 26.8 Å². The lowest BCUT2D eigenvalue weighted by atomic mass is 9.98. The Kier molecular flexibility index (Phi) is 5.62. The van der Waals surface area contributed by atoms with Gasteiger partial charge in [0.2, 0.25) is 0 Å². The Morgan fingerprint density at radius 1 is 1.33 bits per heavy atom. The smallest absolute Gasteiger partial charge is 0.269 e. The van der Waals surface area contributed by atoms with Crippen LogP contribution in [0.25, 0.3) is 0 Å². The standard InChI is InChI=1S/C14H23N3O/c1-5-15-13-8-6-7-12(17-13)14(18)16-9-11(4)10(2)3/h6-8,10-11H,5,9H2,1-4H3,(H,15,17)(H,16,18). The molecule has 2 N–H and O–H groups in total. The molecule has 0 radical (unpaired) electrons. The lowest BCUT2D eigenvalue weighted by Gasteiger charge is -2.16. The van der Waals surface area contributed by atoms with Crippen molar-refractivity contribution < 1.29 is 4.79 Å². The molecule has 0 bridgehead atoms. The molecule has 0 aliphatic carbocycles. The molecular formula is C14H23N3O. The van der Waals surface area contributed by atoms with E-state index in [2.05, 4.69) is 36.4 Å². The maximum Gasteiger partial charge on any atom is 0.269 e. The highest BCUT2D eigenvalue weighted by molar-refractivity contribution is 5.92. The summed E-state index contributed by atoms with van der Waals surface area (Å²) in [5.74, 6) is 1.65. The minimum absolute atomic E-state index is 0.109. The Morgan fingerprint density at radius 2 is 2.06 bits per heavy atom. The second-order valence-corrected chi connectivity index (χ2v) is 4.87. The molecule has 0 fully saturated rings. The van der Waals surface area contributed by atoms with Gasteiger partial charge >= 0.3 is 0 Å². The van der Waals surface area contributed by atoms with Crippen LogP contribution in [-0.2, 0) is 0 Å². The van der Waals surface area contributed by atoms with Gasteiger partial charge in [0.25, 0.3) is 5.91 Å². The quantitative estimate of drug-likeness (QED) is 0.814. The summed E-state index contributed by atoms with van der Waals surface area (Å²) in [6.07, 6.45) is 0. The van der Waals surface area contributed by atoms with Gasteiger partial charge in [-0.05, 0) is 30.9 Å². The van der Waals surface area contributed by atoms with Crippen LogP contribution in [0.4, 0.5) is 5.82 Å². The highest BCUT2D eigenvalue weighted by Gasteiger charge is 2.11. The Balaban J connectivity index is 2.58. The fourth-order valence-corrected chi connectivity index (χ4v) is 1.42. The predicted octanol–water partition coefficient (Wildman–Crippen LogP) is 2.54. The molecule has 0 aliphatic heterocycles. The third kappa shape index (κ3) is 4.35. The van der Waals surface area contributed by atoms with E-state index in [1.165, 1.54) is 0 Å². The van der Waals surface area contributed by atoms with Crippen LogP contribution < -0.4 is 10.6 Å². The molecule has 1 rings (SSSR count). The maximum absolute atomic E-state index is 11.9. The summed E-state index contributed by atoms with van der Waals surface area (Å²) in [4.78, 5) is 16.2. The molecule has 1 heterocycles. The van der Waals surface area contributed by atoms with Crippen LogP contribution in [0.1, 0.15) is 38.2 Å². The number of anilines is 1. The van der Waals surface area contributed by atoms with Crippen molar-refractivity contribution in [2.45, 2.75) is 27.7 Å². The van der Waals surface area contributed by atoms with Crippen molar-refractivity contribution in [2.75, 3.05) is 18.4 Å². The summed E-state index contributed by atoms with van der Waals surface area (Å²) >= 11 is 0. The van der Waals surface area contributed by atoms with Gasteiger partial charge in [-0.2, -0.15) is 0 Å². The molecule has 1 amide bonds. The Bertz CT molecular complexity index is 390. The summed E-state index contributed by atoms with van der Waals surface area (Å²) in [5.41, 5.74) is 0.462. The van der Waals surface area contributed by atoms with Gasteiger partial charge in [-0.25, -0.2) is 4.98 Å². The average molecular weight is 249 g/mol. The van der Waals surface area contributed by atoms with Gasteiger partial charge in [0.15, 0.2) is 0 Å². The number of rotatable bonds is 6. The van der Waals surface area contributed by atoms with Gasteiger partial charge in [0.05, 0.1) is 0 Å². The largest absolute Gasteiger partial charge is 0.370 e. The first-order valence-electron chi connectivity index (χ1n) is 6.53. The molecule has 1 unspecified atom stereocenters. The fraction of sp³-hybridized carbons (Fsp3) is 0.571. The van der Waals surface area contributed by atoms with E-state index in [-0.39, 0.29) is 5.91 Å². The number of hydrogen-bond acceptors (Lipinski definition) is 3. The molecule has 0 spiro atoms. The second-order valence-electron chi connectivity index (χ2n) is 4.87. The number of aromatic nitrogens is 1. The van der Waals surface area contributed by atoms with Crippen molar-refractivity contribution >= 4 is 11.7 Å². The molecule has 0 saturated carbocycles. The van der Waals surface area contributed by atoms with Gasteiger partial charge in [0.1, 0.15) is 11.5 Å². The van der Waals surface area contributed by atoms with Crippen LogP contribution in [-0.4, -0.2) is 24.0 Å². The van der Waals surface area contributed by atoms with Gasteiger partial charge in [-0.15, -0.1) is 0 Å². The monoisotopic (exact) mass is 249 g/mol. The highest BCUT2D eigenvalue weighted by Crippen LogP contribution is 2.08. The van der Waals surface area contributed by atoms with E-state index >= 15 is 0 Å². The molecule has 18 heavy (non-hydrogen) atoms. The first-order chi connectivity index (χ1) is 8.54. The molecule has 1 atom stereocenters. The lowest BCUT2D eigenvalue weighted by molar-refractivity contribution is 0.0940. The van der Waals surface area contributed by atoms with Crippen molar-refractivity contribution in [3.8, 4) is 0 Å². The molecule has 100 valence electrons. The van der Waals surface area contributed by atoms with Crippen molar-refractivity contribution in [1.29, 1.82) is 0 Å². The van der Waals surface area contributed by atoms with Crippen LogP contribution in [0.5, 0.6) is 0 Å². The van der Waals surface area contributed by atoms with E-state index in [1.54, 1.807) is 6.07 Å². The van der Waals surface area contributed by atoms with Gasteiger partial charge < -0.3 is 10.6 Å². The second kappa shape index (κ2) is 6.99. The Hall–Kier alpha value is -1.58. The summed E-state index contributed by atoms with van der Waals surface area (Å²) in [5, 5.41) is 6.01. The molecule has 0 aromatic carbocycles. The third-order valence-corrected chi connectivity index (χ3v) is 3.06. The van der Waals surface area contributed by atoms with Crippen molar-refractivity contribution in [3.63, 3.8) is 0 Å². The molecular weight excluding hydrogens is 226 g/mol. The lowest BCUT2D eigenvalue weighted by Crippen LogP contribution is -2.30. The topological polar surface area (TPSA) is 54.0 Å². The highest BCUT2D eigenvalue weighted by atomic mass is 16.1. The number of nitrogens with zero attached hydrogens (tertiary/aromatic N) is 1. The Labute approximate surface area is 109 Å². The van der Waals surface area contributed by atoms with Gasteiger partial charge in [0, 0.05) is 13.1 Å². The number of hydrogen-bond donors (Lipinski definition) is 2. The number of amides is 1. The molecule has 1 aromatic heterocycles. The van der Waals surface area contributed by atoms with Crippen LogP contribution in [0.3, 0.4) is 0 Å². The van der Waals surface area contributed by atoms with E-state index in [0.29, 0.717) is 24.1 Å². The zero-order chi connectivity index (χ0) is 13.5. The fourth-order valence-electron chi connectivity index (χ4n) is 1.42. The molecule has 0 aliphatic rings. The predicted molar refractivity (Wildman–Crippen MR) is 74.7 cm³/mol. The van der Waals surface area contributed by atoms with E-state index in [0.717, 1.165) is 12.4 Å². The molecule has 4 nitrogen and oxygen atoms in total. The average Bonchev–Trinajstić information content (AvgIpc) is 2.36. The first kappa shape index (κ1) is 14.5. The third-order valence-electron chi connectivity index (χ3n) is 3.06. The first-order valence-corrected chi connectivity index (χ1v) is 6.53. The summed E-state index contributed by atoms with van der Waals surface area (Å²) in [6.45, 7) is 9.92. The summed E-state index contributed by atoms with van der Waals surface area (Å²) < 4.78 is 0. The molecule has 1 aromatic rings. The summed E-state index contributed by atoms with van der Waals surface area (Å²) in [7, 11) is 0. The number of pyridine rings is 1. The van der Waals surface area contributed by atoms with Crippen LogP contribution in [0.15, 0.2) is 18.2 Å².